The molecule has 0 N–H and O–H groups in total. The maximum atomic E-state index is 12.6. The van der Waals surface area contributed by atoms with Crippen LogP contribution in [0.1, 0.15) is 17.3 Å². The van der Waals surface area contributed by atoms with E-state index in [2.05, 4.69) is 36.8 Å². The highest BCUT2D eigenvalue weighted by Gasteiger charge is 2.18. The third kappa shape index (κ3) is 3.22. The van der Waals surface area contributed by atoms with Gasteiger partial charge in [0.2, 0.25) is 0 Å². The molecule has 0 fully saturated rings. The van der Waals surface area contributed by atoms with E-state index >= 15 is 0 Å². The summed E-state index contributed by atoms with van der Waals surface area (Å²) in [6.07, 6.45) is 3.36. The van der Waals surface area contributed by atoms with Crippen LogP contribution in [-0.2, 0) is 0 Å². The van der Waals surface area contributed by atoms with Gasteiger partial charge in [-0.05, 0) is 53.2 Å². The van der Waals surface area contributed by atoms with Crippen LogP contribution in [0.2, 0.25) is 0 Å². The van der Waals surface area contributed by atoms with Gasteiger partial charge in [0, 0.05) is 33.6 Å². The number of amides is 1. The average molecular weight is 384 g/mol. The average Bonchev–Trinajstić information content (AvgIpc) is 2.40. The molecule has 1 heterocycles. The van der Waals surface area contributed by atoms with Gasteiger partial charge >= 0.3 is 0 Å². The monoisotopic (exact) mass is 382 g/mol. The van der Waals surface area contributed by atoms with Crippen LogP contribution in [0.25, 0.3) is 0 Å². The number of carbonyl (C=O) groups is 1. The van der Waals surface area contributed by atoms with E-state index in [1.165, 1.54) is 0 Å². The first-order chi connectivity index (χ1) is 9.13. The highest BCUT2D eigenvalue weighted by atomic mass is 79.9. The molecule has 98 valence electrons. The van der Waals surface area contributed by atoms with Gasteiger partial charge in [-0.15, -0.1) is 0 Å². The van der Waals surface area contributed by atoms with Crippen molar-refractivity contribution < 1.29 is 4.79 Å². The molecule has 1 aromatic heterocycles. The first kappa shape index (κ1) is 14.2. The number of rotatable bonds is 3. The van der Waals surface area contributed by atoms with Crippen LogP contribution in [0.15, 0.2) is 51.7 Å². The van der Waals surface area contributed by atoms with E-state index in [9.17, 15) is 4.79 Å². The largest absolute Gasteiger partial charge is 0.309 e. The van der Waals surface area contributed by atoms with Gasteiger partial charge in [-0.25, -0.2) is 0 Å². The topological polar surface area (TPSA) is 33.2 Å². The minimum atomic E-state index is -0.0342. The Bertz CT molecular complexity index is 587. The molecule has 0 saturated heterocycles. The van der Waals surface area contributed by atoms with Gasteiger partial charge in [0.1, 0.15) is 0 Å². The molecular weight excluding hydrogens is 372 g/mol. The second kappa shape index (κ2) is 6.30. The van der Waals surface area contributed by atoms with Gasteiger partial charge < -0.3 is 4.90 Å². The first-order valence-corrected chi connectivity index (χ1v) is 7.39. The number of hydrogen-bond donors (Lipinski definition) is 0. The number of pyridine rings is 1. The summed E-state index contributed by atoms with van der Waals surface area (Å²) >= 11 is 6.81. The third-order valence-corrected chi connectivity index (χ3v) is 3.85. The summed E-state index contributed by atoms with van der Waals surface area (Å²) in [6.45, 7) is 2.55. The molecule has 0 atom stereocenters. The second-order valence-electron chi connectivity index (χ2n) is 3.88. The number of nitrogens with zero attached hydrogens (tertiary/aromatic N) is 2. The standard InChI is InChI=1S/C14H12Br2N2O/c1-2-18(11-5-7-17-8-6-11)14(19)12-4-3-10(15)9-13(12)16/h3-9H,2H2,1H3. The van der Waals surface area contributed by atoms with E-state index in [0.29, 0.717) is 12.1 Å². The number of hydrogen-bond acceptors (Lipinski definition) is 2. The lowest BCUT2D eigenvalue weighted by Gasteiger charge is -2.21. The molecule has 5 heteroatoms. The van der Waals surface area contributed by atoms with E-state index in [0.717, 1.165) is 14.6 Å². The number of anilines is 1. The van der Waals surface area contributed by atoms with E-state index < -0.39 is 0 Å². The van der Waals surface area contributed by atoms with Crippen LogP contribution in [0, 0.1) is 0 Å². The molecule has 0 bridgehead atoms. The Morgan fingerprint density at radius 2 is 1.89 bits per heavy atom. The summed E-state index contributed by atoms with van der Waals surface area (Å²) in [5.74, 6) is -0.0342. The zero-order valence-electron chi connectivity index (χ0n) is 10.3. The predicted molar refractivity (Wildman–Crippen MR) is 83.4 cm³/mol. The van der Waals surface area contributed by atoms with Gasteiger partial charge in [0.05, 0.1) is 5.56 Å². The molecule has 0 aliphatic heterocycles. The summed E-state index contributed by atoms with van der Waals surface area (Å²) in [5.41, 5.74) is 1.49. The van der Waals surface area contributed by atoms with Crippen LogP contribution in [0.4, 0.5) is 5.69 Å². The summed E-state index contributed by atoms with van der Waals surface area (Å²) in [7, 11) is 0. The van der Waals surface area contributed by atoms with Crippen LogP contribution in [0.3, 0.4) is 0 Å². The van der Waals surface area contributed by atoms with Gasteiger partial charge in [-0.1, -0.05) is 15.9 Å². The molecule has 1 aromatic carbocycles. The van der Waals surface area contributed by atoms with E-state index in [4.69, 9.17) is 0 Å². The van der Waals surface area contributed by atoms with Crippen LogP contribution in [0.5, 0.6) is 0 Å². The van der Waals surface area contributed by atoms with Crippen LogP contribution in [-0.4, -0.2) is 17.4 Å². The maximum absolute atomic E-state index is 12.6. The zero-order valence-corrected chi connectivity index (χ0v) is 13.5. The highest BCUT2D eigenvalue weighted by molar-refractivity contribution is 9.11. The molecule has 1 amide bonds. The Kier molecular flexibility index (Phi) is 4.71. The number of halogens is 2. The van der Waals surface area contributed by atoms with Crippen molar-refractivity contribution in [2.45, 2.75) is 6.92 Å². The van der Waals surface area contributed by atoms with E-state index in [1.807, 2.05) is 31.2 Å². The van der Waals surface area contributed by atoms with Gasteiger partial charge in [-0.2, -0.15) is 0 Å². The van der Waals surface area contributed by atoms with Gasteiger partial charge in [0.15, 0.2) is 0 Å². The molecule has 0 radical (unpaired) electrons. The number of carbonyl (C=O) groups excluding carboxylic acids is 1. The zero-order chi connectivity index (χ0) is 13.8. The Hall–Kier alpha value is -1.20. The molecule has 0 unspecified atom stereocenters. The fourth-order valence-corrected chi connectivity index (χ4v) is 2.99. The Labute approximate surface area is 128 Å². The van der Waals surface area contributed by atoms with Crippen molar-refractivity contribution >= 4 is 43.5 Å². The predicted octanol–water partition coefficient (Wildman–Crippen LogP) is 4.27. The number of benzene rings is 1. The number of aromatic nitrogens is 1. The SMILES string of the molecule is CCN(C(=O)c1ccc(Br)cc1Br)c1ccncc1. The highest BCUT2D eigenvalue weighted by Crippen LogP contribution is 2.25. The maximum Gasteiger partial charge on any atom is 0.259 e. The molecule has 3 nitrogen and oxygen atoms in total. The van der Waals surface area contributed by atoms with E-state index in [-0.39, 0.29) is 5.91 Å². The molecule has 0 saturated carbocycles. The van der Waals surface area contributed by atoms with Crippen molar-refractivity contribution in [3.63, 3.8) is 0 Å². The van der Waals surface area contributed by atoms with Crippen molar-refractivity contribution in [1.29, 1.82) is 0 Å². The van der Waals surface area contributed by atoms with Crippen molar-refractivity contribution in [3.05, 3.63) is 57.2 Å². The lowest BCUT2D eigenvalue weighted by molar-refractivity contribution is 0.0987. The summed E-state index contributed by atoms with van der Waals surface area (Å²) in [6, 6.07) is 9.19. The minimum Gasteiger partial charge on any atom is -0.309 e. The Balaban J connectivity index is 2.36. The fourth-order valence-electron chi connectivity index (χ4n) is 1.78. The van der Waals surface area contributed by atoms with Gasteiger partial charge in [0.25, 0.3) is 5.91 Å². The van der Waals surface area contributed by atoms with E-state index in [1.54, 1.807) is 23.4 Å². The van der Waals surface area contributed by atoms with Crippen molar-refractivity contribution in [3.8, 4) is 0 Å². The molecular formula is C14H12Br2N2O. The van der Waals surface area contributed by atoms with Crippen molar-refractivity contribution in [2.75, 3.05) is 11.4 Å². The Morgan fingerprint density at radius 3 is 2.47 bits per heavy atom. The molecule has 0 spiro atoms. The lowest BCUT2D eigenvalue weighted by atomic mass is 10.2. The fraction of sp³-hybridized carbons (Fsp3) is 0.143. The molecule has 2 aromatic rings. The summed E-state index contributed by atoms with van der Waals surface area (Å²) < 4.78 is 1.71. The molecule has 19 heavy (non-hydrogen) atoms. The molecule has 0 aliphatic carbocycles. The van der Waals surface area contributed by atoms with Crippen LogP contribution >= 0.6 is 31.9 Å². The molecule has 0 aliphatic rings. The second-order valence-corrected chi connectivity index (χ2v) is 5.65. The third-order valence-electron chi connectivity index (χ3n) is 2.70. The summed E-state index contributed by atoms with van der Waals surface area (Å²) in [5, 5.41) is 0. The summed E-state index contributed by atoms with van der Waals surface area (Å²) in [4.78, 5) is 18.3. The van der Waals surface area contributed by atoms with Crippen molar-refractivity contribution in [1.82, 2.24) is 4.98 Å². The normalized spacial score (nSPS) is 10.3. The smallest absolute Gasteiger partial charge is 0.259 e. The van der Waals surface area contributed by atoms with Crippen LogP contribution < -0.4 is 4.90 Å². The Morgan fingerprint density at radius 1 is 1.21 bits per heavy atom. The van der Waals surface area contributed by atoms with Gasteiger partial charge in [-0.3, -0.25) is 9.78 Å². The lowest BCUT2D eigenvalue weighted by Crippen LogP contribution is -2.30. The van der Waals surface area contributed by atoms with Crippen molar-refractivity contribution in [2.24, 2.45) is 0 Å². The first-order valence-electron chi connectivity index (χ1n) is 5.80. The molecule has 2 rings (SSSR count). The minimum absolute atomic E-state index is 0.0342. The quantitative estimate of drug-likeness (QED) is 0.792.